The van der Waals surface area contributed by atoms with Crippen LogP contribution in [-0.2, 0) is 9.59 Å². The van der Waals surface area contributed by atoms with Crippen molar-refractivity contribution in [3.8, 4) is 0 Å². The Labute approximate surface area is 138 Å². The van der Waals surface area contributed by atoms with Gasteiger partial charge in [-0.15, -0.1) is 11.8 Å². The second-order valence-electron chi connectivity index (χ2n) is 6.31. The highest BCUT2D eigenvalue weighted by atomic mass is 32.2. The SMILES string of the molecule is CCCCC(=O)N1CSCC1C(=O)N1CCC(CNC)CC1. The molecule has 126 valence electrons. The summed E-state index contributed by atoms with van der Waals surface area (Å²) in [5, 5.41) is 3.22. The summed E-state index contributed by atoms with van der Waals surface area (Å²) in [4.78, 5) is 28.8. The van der Waals surface area contributed by atoms with E-state index < -0.39 is 0 Å². The Bertz CT molecular complexity index is 384. The van der Waals surface area contributed by atoms with Crippen LogP contribution in [0.15, 0.2) is 0 Å². The zero-order valence-corrected chi connectivity index (χ0v) is 14.7. The van der Waals surface area contributed by atoms with Crippen LogP contribution in [0.3, 0.4) is 0 Å². The standard InChI is InChI=1S/C16H29N3O2S/c1-3-4-5-15(20)19-12-22-11-14(19)16(21)18-8-6-13(7-9-18)10-17-2/h13-14,17H,3-12H2,1-2H3. The maximum atomic E-state index is 12.8. The number of thioether (sulfide) groups is 1. The summed E-state index contributed by atoms with van der Waals surface area (Å²) in [7, 11) is 1.98. The predicted molar refractivity (Wildman–Crippen MR) is 90.7 cm³/mol. The van der Waals surface area contributed by atoms with Gasteiger partial charge in [-0.1, -0.05) is 13.3 Å². The summed E-state index contributed by atoms with van der Waals surface area (Å²) in [6.07, 6.45) is 4.64. The molecule has 0 saturated carbocycles. The van der Waals surface area contributed by atoms with Crippen LogP contribution in [0.2, 0.25) is 0 Å². The Hall–Kier alpha value is -0.750. The highest BCUT2D eigenvalue weighted by Gasteiger charge is 2.37. The number of unbranched alkanes of at least 4 members (excludes halogenated alkanes) is 1. The smallest absolute Gasteiger partial charge is 0.246 e. The van der Waals surface area contributed by atoms with Crippen LogP contribution in [0.25, 0.3) is 0 Å². The van der Waals surface area contributed by atoms with Crippen molar-refractivity contribution in [2.24, 2.45) is 5.92 Å². The molecule has 2 amide bonds. The van der Waals surface area contributed by atoms with Crippen LogP contribution in [0, 0.1) is 5.92 Å². The maximum absolute atomic E-state index is 12.8. The molecule has 2 saturated heterocycles. The molecule has 6 heteroatoms. The van der Waals surface area contributed by atoms with E-state index in [0.29, 0.717) is 18.2 Å². The number of hydrogen-bond donors (Lipinski definition) is 1. The molecule has 0 bridgehead atoms. The topological polar surface area (TPSA) is 52.7 Å². The second-order valence-corrected chi connectivity index (χ2v) is 7.31. The molecule has 2 heterocycles. The highest BCUT2D eigenvalue weighted by molar-refractivity contribution is 7.99. The molecule has 0 aromatic rings. The lowest BCUT2D eigenvalue weighted by Crippen LogP contribution is -2.51. The average molecular weight is 327 g/mol. The molecule has 2 aliphatic heterocycles. The van der Waals surface area contributed by atoms with Gasteiger partial charge in [0.05, 0.1) is 5.88 Å². The van der Waals surface area contributed by atoms with Gasteiger partial charge in [0.25, 0.3) is 0 Å². The third-order valence-corrected chi connectivity index (χ3v) is 5.66. The number of piperidine rings is 1. The van der Waals surface area contributed by atoms with E-state index in [4.69, 9.17) is 0 Å². The van der Waals surface area contributed by atoms with Crippen molar-refractivity contribution in [2.45, 2.75) is 45.1 Å². The molecule has 0 aromatic heterocycles. The molecule has 0 aromatic carbocycles. The van der Waals surface area contributed by atoms with Gasteiger partial charge in [-0.05, 0) is 38.8 Å². The fourth-order valence-corrected chi connectivity index (χ4v) is 4.39. The normalized spacial score (nSPS) is 23.1. The van der Waals surface area contributed by atoms with Gasteiger partial charge in [0, 0.05) is 25.3 Å². The van der Waals surface area contributed by atoms with E-state index in [-0.39, 0.29) is 17.9 Å². The van der Waals surface area contributed by atoms with Gasteiger partial charge >= 0.3 is 0 Å². The number of rotatable bonds is 6. The zero-order chi connectivity index (χ0) is 15.9. The largest absolute Gasteiger partial charge is 0.341 e. The van der Waals surface area contributed by atoms with E-state index in [9.17, 15) is 9.59 Å². The van der Waals surface area contributed by atoms with E-state index in [1.54, 1.807) is 11.8 Å². The highest BCUT2D eigenvalue weighted by Crippen LogP contribution is 2.25. The van der Waals surface area contributed by atoms with E-state index in [1.807, 2.05) is 16.8 Å². The first-order valence-corrected chi connectivity index (χ1v) is 9.63. The summed E-state index contributed by atoms with van der Waals surface area (Å²) in [6.45, 7) is 4.79. The molecule has 1 unspecified atom stereocenters. The summed E-state index contributed by atoms with van der Waals surface area (Å²) in [5.41, 5.74) is 0. The van der Waals surface area contributed by atoms with Crippen LogP contribution in [0.1, 0.15) is 39.0 Å². The van der Waals surface area contributed by atoms with Crippen LogP contribution in [0.5, 0.6) is 0 Å². The molecule has 0 aliphatic carbocycles. The minimum absolute atomic E-state index is 0.148. The van der Waals surface area contributed by atoms with Crippen LogP contribution < -0.4 is 5.32 Å². The van der Waals surface area contributed by atoms with E-state index >= 15 is 0 Å². The molecular weight excluding hydrogens is 298 g/mol. The molecule has 1 N–H and O–H groups in total. The number of nitrogens with one attached hydrogen (secondary N) is 1. The van der Waals surface area contributed by atoms with Crippen molar-refractivity contribution in [3.05, 3.63) is 0 Å². The number of amides is 2. The van der Waals surface area contributed by atoms with Crippen molar-refractivity contribution >= 4 is 23.6 Å². The van der Waals surface area contributed by atoms with Crippen molar-refractivity contribution in [1.29, 1.82) is 0 Å². The zero-order valence-electron chi connectivity index (χ0n) is 13.8. The minimum atomic E-state index is -0.227. The monoisotopic (exact) mass is 327 g/mol. The summed E-state index contributed by atoms with van der Waals surface area (Å²) >= 11 is 1.70. The number of nitrogens with zero attached hydrogens (tertiary/aromatic N) is 2. The lowest BCUT2D eigenvalue weighted by Gasteiger charge is -2.35. The fraction of sp³-hybridized carbons (Fsp3) is 0.875. The quantitative estimate of drug-likeness (QED) is 0.804. The number of likely N-dealkylation sites (tertiary alicyclic amines) is 1. The minimum Gasteiger partial charge on any atom is -0.341 e. The lowest BCUT2D eigenvalue weighted by atomic mass is 9.96. The van der Waals surface area contributed by atoms with E-state index in [1.165, 1.54) is 0 Å². The maximum Gasteiger partial charge on any atom is 0.246 e. The third kappa shape index (κ3) is 4.38. The van der Waals surface area contributed by atoms with Crippen LogP contribution in [-0.4, -0.2) is 66.0 Å². The van der Waals surface area contributed by atoms with Crippen LogP contribution in [0.4, 0.5) is 0 Å². The average Bonchev–Trinajstić information content (AvgIpc) is 3.02. The van der Waals surface area contributed by atoms with Gasteiger partial charge in [0.1, 0.15) is 6.04 Å². The van der Waals surface area contributed by atoms with Gasteiger partial charge < -0.3 is 15.1 Å². The van der Waals surface area contributed by atoms with E-state index in [2.05, 4.69) is 12.2 Å². The van der Waals surface area contributed by atoms with Crippen molar-refractivity contribution in [1.82, 2.24) is 15.1 Å². The van der Waals surface area contributed by atoms with Crippen molar-refractivity contribution in [2.75, 3.05) is 38.3 Å². The molecule has 0 radical (unpaired) electrons. The Kier molecular flexibility index (Phi) is 7.02. The van der Waals surface area contributed by atoms with Gasteiger partial charge in [0.2, 0.25) is 11.8 Å². The van der Waals surface area contributed by atoms with E-state index in [0.717, 1.165) is 51.1 Å². The molecule has 5 nitrogen and oxygen atoms in total. The molecule has 22 heavy (non-hydrogen) atoms. The van der Waals surface area contributed by atoms with Crippen LogP contribution >= 0.6 is 11.8 Å². The predicted octanol–water partition coefficient (Wildman–Crippen LogP) is 1.54. The molecule has 2 aliphatic rings. The molecular formula is C16H29N3O2S. The second kappa shape index (κ2) is 8.77. The first-order chi connectivity index (χ1) is 10.7. The Morgan fingerprint density at radius 2 is 2.00 bits per heavy atom. The third-order valence-electron chi connectivity index (χ3n) is 4.65. The van der Waals surface area contributed by atoms with Gasteiger partial charge in [-0.2, -0.15) is 0 Å². The first kappa shape index (κ1) is 17.6. The van der Waals surface area contributed by atoms with Gasteiger partial charge in [0.15, 0.2) is 0 Å². The Morgan fingerprint density at radius 3 is 2.64 bits per heavy atom. The molecule has 1 atom stereocenters. The lowest BCUT2D eigenvalue weighted by molar-refractivity contribution is -0.144. The Balaban J connectivity index is 1.87. The molecule has 0 spiro atoms. The number of carbonyl (C=O) groups is 2. The summed E-state index contributed by atoms with van der Waals surface area (Å²) in [6, 6.07) is -0.227. The summed E-state index contributed by atoms with van der Waals surface area (Å²) in [5.74, 6) is 2.42. The Morgan fingerprint density at radius 1 is 1.27 bits per heavy atom. The number of hydrogen-bond acceptors (Lipinski definition) is 4. The first-order valence-electron chi connectivity index (χ1n) is 8.48. The summed E-state index contributed by atoms with van der Waals surface area (Å²) < 4.78 is 0. The fourth-order valence-electron chi connectivity index (χ4n) is 3.22. The van der Waals surface area contributed by atoms with Gasteiger partial charge in [-0.3, -0.25) is 9.59 Å². The van der Waals surface area contributed by atoms with Gasteiger partial charge in [-0.25, -0.2) is 0 Å². The molecule has 2 rings (SSSR count). The molecule has 2 fully saturated rings. The van der Waals surface area contributed by atoms with Crippen molar-refractivity contribution in [3.63, 3.8) is 0 Å². The van der Waals surface area contributed by atoms with Crippen molar-refractivity contribution < 1.29 is 9.59 Å². The number of carbonyl (C=O) groups excluding carboxylic acids is 2.